The van der Waals surface area contributed by atoms with Crippen LogP contribution in [-0.2, 0) is 0 Å². The number of rotatable bonds is 5. The third kappa shape index (κ3) is 3.27. The molecule has 18 heavy (non-hydrogen) atoms. The van der Waals surface area contributed by atoms with E-state index in [0.29, 0.717) is 17.7 Å². The van der Waals surface area contributed by atoms with Gasteiger partial charge in [0.1, 0.15) is 0 Å². The Labute approximate surface area is 105 Å². The van der Waals surface area contributed by atoms with Gasteiger partial charge in [-0.1, -0.05) is 6.92 Å². The van der Waals surface area contributed by atoms with Gasteiger partial charge in [0.05, 0.1) is 4.92 Å². The summed E-state index contributed by atoms with van der Waals surface area (Å²) in [5.41, 5.74) is 6.38. The van der Waals surface area contributed by atoms with E-state index in [1.807, 2.05) is 6.92 Å². The van der Waals surface area contributed by atoms with Crippen LogP contribution in [0.4, 0.5) is 5.69 Å². The topological polar surface area (TPSA) is 98.3 Å². The molecule has 1 rings (SSSR count). The lowest BCUT2D eigenvalue weighted by Gasteiger charge is -2.14. The Kier molecular flexibility index (Phi) is 4.79. The molecule has 1 amide bonds. The van der Waals surface area contributed by atoms with Gasteiger partial charge in [-0.15, -0.1) is 0 Å². The molecule has 0 saturated carbocycles. The molecule has 1 atom stereocenters. The normalized spacial score (nSPS) is 11.9. The van der Waals surface area contributed by atoms with Crippen molar-refractivity contribution in [2.45, 2.75) is 26.3 Å². The zero-order valence-corrected chi connectivity index (χ0v) is 10.5. The Morgan fingerprint density at radius 2 is 2.22 bits per heavy atom. The summed E-state index contributed by atoms with van der Waals surface area (Å²) in [7, 11) is 0. The number of carbonyl (C=O) groups is 1. The van der Waals surface area contributed by atoms with E-state index in [2.05, 4.69) is 5.32 Å². The number of nitrogens with one attached hydrogen (secondary N) is 1. The van der Waals surface area contributed by atoms with Gasteiger partial charge in [0.2, 0.25) is 0 Å². The number of nitro benzene ring substituents is 1. The minimum atomic E-state index is -0.467. The lowest BCUT2D eigenvalue weighted by atomic mass is 10.1. The first kappa shape index (κ1) is 14.1. The fourth-order valence-corrected chi connectivity index (χ4v) is 1.60. The van der Waals surface area contributed by atoms with E-state index in [0.717, 1.165) is 6.42 Å². The van der Waals surface area contributed by atoms with Gasteiger partial charge in [-0.3, -0.25) is 14.9 Å². The molecule has 98 valence electrons. The summed E-state index contributed by atoms with van der Waals surface area (Å²) in [6.07, 6.45) is 0.744. The lowest BCUT2D eigenvalue weighted by Crippen LogP contribution is -2.39. The molecular formula is C12H17N3O3. The quantitative estimate of drug-likeness (QED) is 0.610. The van der Waals surface area contributed by atoms with Crippen molar-refractivity contribution in [2.75, 3.05) is 6.54 Å². The number of carbonyl (C=O) groups excluding carboxylic acids is 1. The number of amides is 1. The summed E-state index contributed by atoms with van der Waals surface area (Å²) >= 11 is 0. The highest BCUT2D eigenvalue weighted by Crippen LogP contribution is 2.18. The zero-order valence-electron chi connectivity index (χ0n) is 10.5. The highest BCUT2D eigenvalue weighted by atomic mass is 16.6. The zero-order chi connectivity index (χ0) is 13.7. The summed E-state index contributed by atoms with van der Waals surface area (Å²) in [6, 6.07) is 4.22. The smallest absolute Gasteiger partial charge is 0.272 e. The van der Waals surface area contributed by atoms with Gasteiger partial charge in [0.15, 0.2) is 0 Å². The molecule has 6 heteroatoms. The van der Waals surface area contributed by atoms with E-state index in [-0.39, 0.29) is 17.6 Å². The van der Waals surface area contributed by atoms with Crippen molar-refractivity contribution >= 4 is 11.6 Å². The number of hydrogen-bond acceptors (Lipinski definition) is 4. The van der Waals surface area contributed by atoms with E-state index in [1.165, 1.54) is 18.2 Å². The predicted octanol–water partition coefficient (Wildman–Crippen LogP) is 1.37. The van der Waals surface area contributed by atoms with Gasteiger partial charge >= 0.3 is 0 Å². The predicted molar refractivity (Wildman–Crippen MR) is 68.4 cm³/mol. The van der Waals surface area contributed by atoms with Gasteiger partial charge in [0.25, 0.3) is 11.6 Å². The molecule has 0 aromatic heterocycles. The minimum absolute atomic E-state index is 0.0115. The van der Waals surface area contributed by atoms with E-state index in [4.69, 9.17) is 5.73 Å². The standard InChI is InChI=1S/C12H17N3O3/c1-3-10(7-13)14-12(16)9-4-5-11(15(17)18)8(2)6-9/h4-6,10H,3,7,13H2,1-2H3,(H,14,16). The second-order valence-electron chi connectivity index (χ2n) is 4.07. The average molecular weight is 251 g/mol. The SMILES string of the molecule is CCC(CN)NC(=O)c1ccc([N+](=O)[O-])c(C)c1. The minimum Gasteiger partial charge on any atom is -0.348 e. The molecular weight excluding hydrogens is 234 g/mol. The first-order valence-corrected chi connectivity index (χ1v) is 5.75. The van der Waals surface area contributed by atoms with Gasteiger partial charge in [-0.05, 0) is 25.5 Å². The summed E-state index contributed by atoms with van der Waals surface area (Å²) in [4.78, 5) is 22.1. The van der Waals surface area contributed by atoms with Crippen LogP contribution in [0, 0.1) is 17.0 Å². The van der Waals surface area contributed by atoms with Crippen molar-refractivity contribution in [3.8, 4) is 0 Å². The highest BCUT2D eigenvalue weighted by molar-refractivity contribution is 5.94. The first-order chi connectivity index (χ1) is 8.49. The van der Waals surface area contributed by atoms with Crippen LogP contribution in [0.3, 0.4) is 0 Å². The molecule has 3 N–H and O–H groups in total. The molecule has 0 radical (unpaired) electrons. The second-order valence-corrected chi connectivity index (χ2v) is 4.07. The Bertz CT molecular complexity index is 456. The van der Waals surface area contributed by atoms with E-state index >= 15 is 0 Å². The van der Waals surface area contributed by atoms with Crippen molar-refractivity contribution in [2.24, 2.45) is 5.73 Å². The molecule has 1 aromatic carbocycles. The monoisotopic (exact) mass is 251 g/mol. The molecule has 0 saturated heterocycles. The number of aryl methyl sites for hydroxylation is 1. The molecule has 0 heterocycles. The van der Waals surface area contributed by atoms with Crippen LogP contribution in [0.15, 0.2) is 18.2 Å². The van der Waals surface area contributed by atoms with E-state index < -0.39 is 4.92 Å². The molecule has 0 aliphatic heterocycles. The summed E-state index contributed by atoms with van der Waals surface area (Å²) in [5.74, 6) is -0.259. The van der Waals surface area contributed by atoms with Crippen molar-refractivity contribution in [3.05, 3.63) is 39.4 Å². The van der Waals surface area contributed by atoms with Gasteiger partial charge in [-0.2, -0.15) is 0 Å². The largest absolute Gasteiger partial charge is 0.348 e. The number of nitrogens with two attached hydrogens (primary N) is 1. The van der Waals surface area contributed by atoms with Crippen LogP contribution in [0.5, 0.6) is 0 Å². The maximum atomic E-state index is 11.9. The number of benzene rings is 1. The Balaban J connectivity index is 2.88. The fraction of sp³-hybridized carbons (Fsp3) is 0.417. The van der Waals surface area contributed by atoms with Crippen molar-refractivity contribution in [1.29, 1.82) is 0 Å². The maximum absolute atomic E-state index is 11.9. The first-order valence-electron chi connectivity index (χ1n) is 5.75. The number of nitro groups is 1. The second kappa shape index (κ2) is 6.11. The fourth-order valence-electron chi connectivity index (χ4n) is 1.60. The Hall–Kier alpha value is -1.95. The lowest BCUT2D eigenvalue weighted by molar-refractivity contribution is -0.385. The molecule has 0 aliphatic rings. The van der Waals surface area contributed by atoms with Crippen LogP contribution < -0.4 is 11.1 Å². The van der Waals surface area contributed by atoms with E-state index in [1.54, 1.807) is 6.92 Å². The molecule has 0 aliphatic carbocycles. The van der Waals surface area contributed by atoms with Crippen LogP contribution >= 0.6 is 0 Å². The Morgan fingerprint density at radius 1 is 1.56 bits per heavy atom. The molecule has 0 bridgehead atoms. The van der Waals surface area contributed by atoms with Gasteiger partial charge in [-0.25, -0.2) is 0 Å². The number of nitrogens with zero attached hydrogens (tertiary/aromatic N) is 1. The third-order valence-corrected chi connectivity index (χ3v) is 2.77. The van der Waals surface area contributed by atoms with Crippen LogP contribution in [-0.4, -0.2) is 23.4 Å². The average Bonchev–Trinajstić information content (AvgIpc) is 2.34. The van der Waals surface area contributed by atoms with Crippen LogP contribution in [0.1, 0.15) is 29.3 Å². The van der Waals surface area contributed by atoms with Crippen LogP contribution in [0.25, 0.3) is 0 Å². The van der Waals surface area contributed by atoms with Crippen molar-refractivity contribution < 1.29 is 9.72 Å². The molecule has 1 unspecified atom stereocenters. The molecule has 6 nitrogen and oxygen atoms in total. The Morgan fingerprint density at radius 3 is 2.67 bits per heavy atom. The summed E-state index contributed by atoms with van der Waals surface area (Å²) < 4.78 is 0. The molecule has 1 aromatic rings. The number of hydrogen-bond donors (Lipinski definition) is 2. The van der Waals surface area contributed by atoms with Crippen molar-refractivity contribution in [3.63, 3.8) is 0 Å². The van der Waals surface area contributed by atoms with Crippen molar-refractivity contribution in [1.82, 2.24) is 5.32 Å². The molecule has 0 fully saturated rings. The van der Waals surface area contributed by atoms with Crippen LogP contribution in [0.2, 0.25) is 0 Å². The summed E-state index contributed by atoms with van der Waals surface area (Å²) in [5, 5.41) is 13.4. The molecule has 0 spiro atoms. The van der Waals surface area contributed by atoms with Gasteiger partial charge < -0.3 is 11.1 Å². The van der Waals surface area contributed by atoms with E-state index in [9.17, 15) is 14.9 Å². The highest BCUT2D eigenvalue weighted by Gasteiger charge is 2.15. The maximum Gasteiger partial charge on any atom is 0.272 e. The summed E-state index contributed by atoms with van der Waals surface area (Å²) in [6.45, 7) is 3.91. The third-order valence-electron chi connectivity index (χ3n) is 2.77. The van der Waals surface area contributed by atoms with Gasteiger partial charge in [0, 0.05) is 29.8 Å².